The highest BCUT2D eigenvalue weighted by molar-refractivity contribution is 7.92. The van der Waals surface area contributed by atoms with Gasteiger partial charge in [0, 0.05) is 11.4 Å². The van der Waals surface area contributed by atoms with Gasteiger partial charge in [-0.2, -0.15) is 0 Å². The Kier molecular flexibility index (Phi) is 3.93. The summed E-state index contributed by atoms with van der Waals surface area (Å²) in [6.07, 6.45) is 2.56. The summed E-state index contributed by atoms with van der Waals surface area (Å²) in [6, 6.07) is 4.14. The smallest absolute Gasteiger partial charge is 0.229 e. The van der Waals surface area contributed by atoms with Crippen molar-refractivity contribution < 1.29 is 12.8 Å². The van der Waals surface area contributed by atoms with Crippen molar-refractivity contribution >= 4 is 21.4 Å². The maximum absolute atomic E-state index is 13.5. The van der Waals surface area contributed by atoms with Gasteiger partial charge in [0.25, 0.3) is 0 Å². The van der Waals surface area contributed by atoms with Gasteiger partial charge >= 0.3 is 0 Å². The fraction of sp³-hybridized carbons (Fsp3) is 0.250. The fourth-order valence-electron chi connectivity index (χ4n) is 1.66. The molecule has 0 bridgehead atoms. The predicted molar refractivity (Wildman–Crippen MR) is 75.5 cm³/mol. The molecule has 0 saturated heterocycles. The van der Waals surface area contributed by atoms with Crippen LogP contribution in [-0.4, -0.2) is 24.6 Å². The number of benzene rings is 1. The lowest BCUT2D eigenvalue weighted by molar-refractivity contribution is 0.604. The van der Waals surface area contributed by atoms with Gasteiger partial charge in [-0.25, -0.2) is 17.8 Å². The molecule has 0 saturated carbocycles. The Morgan fingerprint density at radius 1 is 1.40 bits per heavy atom. The van der Waals surface area contributed by atoms with Crippen molar-refractivity contribution in [3.8, 4) is 0 Å². The monoisotopic (exact) mass is 298 g/mol. The molecule has 2 aromatic rings. The van der Waals surface area contributed by atoms with Crippen LogP contribution in [0.1, 0.15) is 11.4 Å². The summed E-state index contributed by atoms with van der Waals surface area (Å²) in [7, 11) is -3.52. The minimum absolute atomic E-state index is 0.0868. The first-order valence-electron chi connectivity index (χ1n) is 5.85. The van der Waals surface area contributed by atoms with Gasteiger partial charge in [-0.3, -0.25) is 4.72 Å². The van der Waals surface area contributed by atoms with E-state index in [0.29, 0.717) is 12.2 Å². The van der Waals surface area contributed by atoms with Crippen molar-refractivity contribution in [1.29, 1.82) is 0 Å². The van der Waals surface area contributed by atoms with Crippen LogP contribution in [0.4, 0.5) is 15.8 Å². The molecule has 2 rings (SSSR count). The number of H-pyrrole nitrogens is 1. The molecule has 0 amide bonds. The van der Waals surface area contributed by atoms with Crippen LogP contribution in [0.5, 0.6) is 0 Å². The topological polar surface area (TPSA) is 86.9 Å². The molecule has 0 atom stereocenters. The summed E-state index contributed by atoms with van der Waals surface area (Å²) in [6.45, 7) is 2.35. The lowest BCUT2D eigenvalue weighted by Gasteiger charge is -2.09. The second-order valence-corrected chi connectivity index (χ2v) is 6.15. The zero-order chi connectivity index (χ0) is 14.8. The summed E-state index contributed by atoms with van der Waals surface area (Å²) < 4.78 is 37.9. The molecule has 108 valence electrons. The number of hydrogen-bond donors (Lipinski definition) is 3. The highest BCUT2D eigenvalue weighted by Gasteiger charge is 2.09. The minimum atomic E-state index is -3.52. The molecule has 1 heterocycles. The maximum atomic E-state index is 13.5. The molecule has 1 aromatic carbocycles. The molecule has 20 heavy (non-hydrogen) atoms. The van der Waals surface area contributed by atoms with Gasteiger partial charge in [0.15, 0.2) is 0 Å². The van der Waals surface area contributed by atoms with E-state index in [1.807, 2.05) is 6.92 Å². The van der Waals surface area contributed by atoms with Crippen LogP contribution in [0.2, 0.25) is 0 Å². The number of aromatic nitrogens is 2. The number of rotatable bonds is 5. The quantitative estimate of drug-likeness (QED) is 0.786. The number of imidazole rings is 1. The highest BCUT2D eigenvalue weighted by Crippen LogP contribution is 2.21. The Bertz CT molecular complexity index is 712. The molecular formula is C12H15FN4O2S. The molecule has 0 radical (unpaired) electrons. The molecule has 0 fully saturated rings. The van der Waals surface area contributed by atoms with Crippen molar-refractivity contribution in [2.45, 2.75) is 13.5 Å². The Labute approximate surface area is 116 Å². The molecule has 6 nitrogen and oxygen atoms in total. The standard InChI is InChI=1S/C12H15FN4O2S/c1-8-12(16-7-15-8)6-14-9-3-4-10(13)11(5-9)17-20(2,18)19/h3-5,7,14,17H,6H2,1-2H3,(H,15,16). The predicted octanol–water partition coefficient (Wildman–Crippen LogP) is 1.84. The van der Waals surface area contributed by atoms with Gasteiger partial charge in [-0.15, -0.1) is 0 Å². The third kappa shape index (κ3) is 3.70. The summed E-state index contributed by atoms with van der Waals surface area (Å²) in [5.74, 6) is -0.628. The number of aryl methyl sites for hydroxylation is 1. The molecular weight excluding hydrogens is 283 g/mol. The van der Waals surface area contributed by atoms with Gasteiger partial charge in [-0.05, 0) is 25.1 Å². The second kappa shape index (κ2) is 5.49. The average molecular weight is 298 g/mol. The van der Waals surface area contributed by atoms with Crippen molar-refractivity contribution in [1.82, 2.24) is 9.97 Å². The van der Waals surface area contributed by atoms with E-state index in [4.69, 9.17) is 0 Å². The van der Waals surface area contributed by atoms with E-state index < -0.39 is 15.8 Å². The van der Waals surface area contributed by atoms with Gasteiger partial charge in [-0.1, -0.05) is 0 Å². The molecule has 1 aromatic heterocycles. The van der Waals surface area contributed by atoms with Crippen LogP contribution < -0.4 is 10.0 Å². The van der Waals surface area contributed by atoms with Crippen LogP contribution in [0, 0.1) is 12.7 Å². The number of sulfonamides is 1. The SMILES string of the molecule is Cc1[nH]cnc1CNc1ccc(F)c(NS(C)(=O)=O)c1. The van der Waals surface area contributed by atoms with E-state index in [1.165, 1.54) is 18.2 Å². The van der Waals surface area contributed by atoms with Crippen molar-refractivity contribution in [2.24, 2.45) is 0 Å². The molecule has 8 heteroatoms. The maximum Gasteiger partial charge on any atom is 0.229 e. The first kappa shape index (κ1) is 14.3. The molecule has 0 spiro atoms. The normalized spacial score (nSPS) is 11.3. The third-order valence-corrected chi connectivity index (χ3v) is 3.25. The largest absolute Gasteiger partial charge is 0.379 e. The van der Waals surface area contributed by atoms with E-state index in [1.54, 1.807) is 6.33 Å². The minimum Gasteiger partial charge on any atom is -0.379 e. The van der Waals surface area contributed by atoms with Crippen LogP contribution in [0.25, 0.3) is 0 Å². The van der Waals surface area contributed by atoms with Crippen LogP contribution in [0.3, 0.4) is 0 Å². The summed E-state index contributed by atoms with van der Waals surface area (Å²) in [4.78, 5) is 7.08. The second-order valence-electron chi connectivity index (χ2n) is 4.40. The van der Waals surface area contributed by atoms with Gasteiger partial charge in [0.2, 0.25) is 10.0 Å². The summed E-state index contributed by atoms with van der Waals surface area (Å²) in [5, 5.41) is 3.06. The molecule has 3 N–H and O–H groups in total. The number of aromatic amines is 1. The number of hydrogen-bond acceptors (Lipinski definition) is 4. The first-order valence-corrected chi connectivity index (χ1v) is 7.74. The van der Waals surface area contributed by atoms with Gasteiger partial charge in [0.05, 0.1) is 30.5 Å². The van der Waals surface area contributed by atoms with E-state index in [2.05, 4.69) is 20.0 Å². The molecule has 0 aliphatic heterocycles. The highest BCUT2D eigenvalue weighted by atomic mass is 32.2. The molecule has 0 unspecified atom stereocenters. The average Bonchev–Trinajstić information content (AvgIpc) is 2.74. The van der Waals surface area contributed by atoms with E-state index in [9.17, 15) is 12.8 Å². The van der Waals surface area contributed by atoms with Crippen molar-refractivity contribution in [2.75, 3.05) is 16.3 Å². The number of nitrogens with one attached hydrogen (secondary N) is 3. The van der Waals surface area contributed by atoms with Crippen molar-refractivity contribution in [3.63, 3.8) is 0 Å². The lowest BCUT2D eigenvalue weighted by Crippen LogP contribution is -2.11. The fourth-order valence-corrected chi connectivity index (χ4v) is 2.22. The number of nitrogens with zero attached hydrogens (tertiary/aromatic N) is 1. The zero-order valence-corrected chi connectivity index (χ0v) is 11.9. The Morgan fingerprint density at radius 3 is 2.75 bits per heavy atom. The summed E-state index contributed by atoms with van der Waals surface area (Å²) >= 11 is 0. The van der Waals surface area contributed by atoms with Crippen molar-refractivity contribution in [3.05, 3.63) is 41.7 Å². The first-order chi connectivity index (χ1) is 9.35. The number of halogens is 1. The van der Waals surface area contributed by atoms with E-state index in [0.717, 1.165) is 17.6 Å². The van der Waals surface area contributed by atoms with Gasteiger partial charge in [0.1, 0.15) is 5.82 Å². The zero-order valence-electron chi connectivity index (χ0n) is 11.1. The third-order valence-electron chi connectivity index (χ3n) is 2.66. The Hall–Kier alpha value is -2.09. The van der Waals surface area contributed by atoms with Crippen LogP contribution in [-0.2, 0) is 16.6 Å². The Balaban J connectivity index is 2.13. The van der Waals surface area contributed by atoms with Crippen LogP contribution >= 0.6 is 0 Å². The lowest BCUT2D eigenvalue weighted by atomic mass is 10.2. The van der Waals surface area contributed by atoms with E-state index >= 15 is 0 Å². The number of anilines is 2. The van der Waals surface area contributed by atoms with Crippen LogP contribution in [0.15, 0.2) is 24.5 Å². The molecule has 0 aliphatic carbocycles. The van der Waals surface area contributed by atoms with Gasteiger partial charge < -0.3 is 10.3 Å². The van der Waals surface area contributed by atoms with E-state index in [-0.39, 0.29) is 5.69 Å². The summed E-state index contributed by atoms with van der Waals surface area (Å²) in [5.41, 5.74) is 2.29. The Morgan fingerprint density at radius 2 is 2.15 bits per heavy atom. The molecule has 0 aliphatic rings.